The normalized spacial score (nSPS) is 11.2. The van der Waals surface area contributed by atoms with E-state index in [1.807, 2.05) is 43.3 Å². The van der Waals surface area contributed by atoms with Gasteiger partial charge in [-0.3, -0.25) is 0 Å². The van der Waals surface area contributed by atoms with Crippen molar-refractivity contribution in [2.75, 3.05) is 0 Å². The summed E-state index contributed by atoms with van der Waals surface area (Å²) in [7, 11) is 0. The van der Waals surface area contributed by atoms with Gasteiger partial charge in [-0.2, -0.15) is 0 Å². The summed E-state index contributed by atoms with van der Waals surface area (Å²) < 4.78 is 14.9. The van der Waals surface area contributed by atoms with Crippen LogP contribution in [0.5, 0.6) is 0 Å². The number of halogens is 1. The molecule has 0 saturated carbocycles. The molecule has 0 atom stereocenters. The Kier molecular flexibility index (Phi) is 6.82. The molecule has 158 valence electrons. The van der Waals surface area contributed by atoms with Gasteiger partial charge in [-0.15, -0.1) is 0 Å². The fourth-order valence-electron chi connectivity index (χ4n) is 4.22. The number of rotatable bonds is 8. The van der Waals surface area contributed by atoms with E-state index < -0.39 is 0 Å². The summed E-state index contributed by atoms with van der Waals surface area (Å²) in [5.74, 6) is -0.181. The first-order valence-electron chi connectivity index (χ1n) is 11.5. The molecular formula is C30H31F. The zero-order valence-corrected chi connectivity index (χ0v) is 18.6. The molecule has 0 heterocycles. The zero-order chi connectivity index (χ0) is 21.6. The van der Waals surface area contributed by atoms with Crippen LogP contribution in [0.1, 0.15) is 50.2 Å². The van der Waals surface area contributed by atoms with Crippen LogP contribution in [-0.2, 0) is 6.42 Å². The minimum Gasteiger partial charge on any atom is -0.206 e. The minimum atomic E-state index is -0.181. The Balaban J connectivity index is 1.52. The van der Waals surface area contributed by atoms with E-state index in [4.69, 9.17) is 0 Å². The molecule has 0 aliphatic carbocycles. The van der Waals surface area contributed by atoms with Gasteiger partial charge in [-0.05, 0) is 64.9 Å². The largest absolute Gasteiger partial charge is 0.206 e. The molecule has 4 aromatic carbocycles. The predicted molar refractivity (Wildman–Crippen MR) is 132 cm³/mol. The van der Waals surface area contributed by atoms with E-state index in [-0.39, 0.29) is 5.82 Å². The highest BCUT2D eigenvalue weighted by Crippen LogP contribution is 2.30. The molecule has 0 aromatic heterocycles. The Labute approximate surface area is 185 Å². The molecule has 4 rings (SSSR count). The molecule has 0 radical (unpaired) electrons. The Bertz CT molecular complexity index is 1150. The van der Waals surface area contributed by atoms with E-state index in [1.165, 1.54) is 54.0 Å². The SMILES string of the molecule is CCCCCCCc1ccc2cc(-c3ccc(-c4ccc(C)cc4)c(F)c3)ccc2c1. The molecule has 1 heteroatoms. The second-order valence-corrected chi connectivity index (χ2v) is 8.62. The molecule has 0 unspecified atom stereocenters. The Hall–Kier alpha value is -2.93. The topological polar surface area (TPSA) is 0 Å². The van der Waals surface area contributed by atoms with Crippen molar-refractivity contribution in [3.8, 4) is 22.3 Å². The third kappa shape index (κ3) is 5.22. The number of aryl methyl sites for hydroxylation is 2. The third-order valence-electron chi connectivity index (χ3n) is 6.14. The van der Waals surface area contributed by atoms with Gasteiger partial charge in [0, 0.05) is 5.56 Å². The van der Waals surface area contributed by atoms with Crippen LogP contribution in [0, 0.1) is 12.7 Å². The summed E-state index contributed by atoms with van der Waals surface area (Å²) in [6, 6.07) is 26.7. The maximum Gasteiger partial charge on any atom is 0.131 e. The Morgan fingerprint density at radius 3 is 2.03 bits per heavy atom. The molecule has 0 aliphatic heterocycles. The Morgan fingerprint density at radius 1 is 0.613 bits per heavy atom. The van der Waals surface area contributed by atoms with Gasteiger partial charge in [-0.1, -0.05) is 105 Å². The van der Waals surface area contributed by atoms with E-state index in [2.05, 4.69) is 43.3 Å². The van der Waals surface area contributed by atoms with Crippen LogP contribution < -0.4 is 0 Å². The van der Waals surface area contributed by atoms with Gasteiger partial charge in [0.25, 0.3) is 0 Å². The highest BCUT2D eigenvalue weighted by atomic mass is 19.1. The second-order valence-electron chi connectivity index (χ2n) is 8.62. The number of hydrogen-bond donors (Lipinski definition) is 0. The number of fused-ring (bicyclic) bond motifs is 1. The van der Waals surface area contributed by atoms with Gasteiger partial charge in [0.2, 0.25) is 0 Å². The van der Waals surface area contributed by atoms with E-state index in [0.717, 1.165) is 23.1 Å². The summed E-state index contributed by atoms with van der Waals surface area (Å²) >= 11 is 0. The summed E-state index contributed by atoms with van der Waals surface area (Å²) in [4.78, 5) is 0. The molecule has 0 N–H and O–H groups in total. The maximum atomic E-state index is 14.9. The van der Waals surface area contributed by atoms with E-state index >= 15 is 0 Å². The summed E-state index contributed by atoms with van der Waals surface area (Å²) in [6.07, 6.45) is 7.69. The van der Waals surface area contributed by atoms with Crippen molar-refractivity contribution < 1.29 is 4.39 Å². The van der Waals surface area contributed by atoms with Crippen molar-refractivity contribution >= 4 is 10.8 Å². The number of hydrogen-bond acceptors (Lipinski definition) is 0. The molecule has 0 fully saturated rings. The number of unbranched alkanes of at least 4 members (excludes halogenated alkanes) is 4. The molecule has 0 saturated heterocycles. The molecule has 0 amide bonds. The van der Waals surface area contributed by atoms with E-state index in [0.29, 0.717) is 5.56 Å². The molecule has 31 heavy (non-hydrogen) atoms. The van der Waals surface area contributed by atoms with Crippen LogP contribution >= 0.6 is 0 Å². The quantitative estimate of drug-likeness (QED) is 0.254. The highest BCUT2D eigenvalue weighted by molar-refractivity contribution is 5.88. The fourth-order valence-corrected chi connectivity index (χ4v) is 4.22. The van der Waals surface area contributed by atoms with Gasteiger partial charge in [-0.25, -0.2) is 4.39 Å². The minimum absolute atomic E-state index is 0.181. The lowest BCUT2D eigenvalue weighted by Crippen LogP contribution is -1.88. The van der Waals surface area contributed by atoms with E-state index in [9.17, 15) is 4.39 Å². The monoisotopic (exact) mass is 410 g/mol. The lowest BCUT2D eigenvalue weighted by molar-refractivity contribution is 0.632. The van der Waals surface area contributed by atoms with Crippen molar-refractivity contribution in [3.63, 3.8) is 0 Å². The summed E-state index contributed by atoms with van der Waals surface area (Å²) in [5.41, 5.74) is 6.11. The fraction of sp³-hybridized carbons (Fsp3) is 0.267. The van der Waals surface area contributed by atoms with Crippen molar-refractivity contribution in [1.82, 2.24) is 0 Å². The summed E-state index contributed by atoms with van der Waals surface area (Å²) in [6.45, 7) is 4.30. The van der Waals surface area contributed by atoms with Crippen LogP contribution in [0.2, 0.25) is 0 Å². The second kappa shape index (κ2) is 9.92. The van der Waals surface area contributed by atoms with Gasteiger partial charge in [0.05, 0.1) is 0 Å². The molecule has 0 spiro atoms. The molecule has 4 aromatic rings. The highest BCUT2D eigenvalue weighted by Gasteiger charge is 2.08. The maximum absolute atomic E-state index is 14.9. The van der Waals surface area contributed by atoms with Crippen molar-refractivity contribution in [2.24, 2.45) is 0 Å². The molecule has 0 aliphatic rings. The molecule has 0 nitrogen and oxygen atoms in total. The van der Waals surface area contributed by atoms with Gasteiger partial charge in [0.15, 0.2) is 0 Å². The Morgan fingerprint density at radius 2 is 1.26 bits per heavy atom. The average Bonchev–Trinajstić information content (AvgIpc) is 2.79. The first kappa shape index (κ1) is 21.3. The van der Waals surface area contributed by atoms with Crippen LogP contribution in [0.25, 0.3) is 33.0 Å². The number of benzene rings is 4. The zero-order valence-electron chi connectivity index (χ0n) is 18.6. The first-order chi connectivity index (χ1) is 15.1. The van der Waals surface area contributed by atoms with Gasteiger partial charge in [0.1, 0.15) is 5.82 Å². The molecule has 0 bridgehead atoms. The van der Waals surface area contributed by atoms with Crippen molar-refractivity contribution in [2.45, 2.75) is 52.4 Å². The van der Waals surface area contributed by atoms with Gasteiger partial charge < -0.3 is 0 Å². The molecular weight excluding hydrogens is 379 g/mol. The first-order valence-corrected chi connectivity index (χ1v) is 11.5. The summed E-state index contributed by atoms with van der Waals surface area (Å²) in [5, 5.41) is 2.46. The predicted octanol–water partition coefficient (Wildman–Crippen LogP) is 9.13. The van der Waals surface area contributed by atoms with Gasteiger partial charge >= 0.3 is 0 Å². The average molecular weight is 411 g/mol. The van der Waals surface area contributed by atoms with Crippen molar-refractivity contribution in [3.05, 3.63) is 95.8 Å². The van der Waals surface area contributed by atoms with E-state index in [1.54, 1.807) is 6.07 Å². The lowest BCUT2D eigenvalue weighted by atomic mass is 9.96. The smallest absolute Gasteiger partial charge is 0.131 e. The third-order valence-corrected chi connectivity index (χ3v) is 6.14. The van der Waals surface area contributed by atoms with Crippen LogP contribution in [-0.4, -0.2) is 0 Å². The standard InChI is InChI=1S/C30H31F/c1-3-4-5-6-7-8-23-11-14-26-20-27(16-15-25(26)19-23)28-17-18-29(30(31)21-28)24-12-9-22(2)10-13-24/h9-21H,3-8H2,1-2H3. The van der Waals surface area contributed by atoms with Crippen molar-refractivity contribution in [1.29, 1.82) is 0 Å². The van der Waals surface area contributed by atoms with Crippen LogP contribution in [0.15, 0.2) is 78.9 Å². The van der Waals surface area contributed by atoms with Crippen LogP contribution in [0.3, 0.4) is 0 Å². The van der Waals surface area contributed by atoms with Crippen LogP contribution in [0.4, 0.5) is 4.39 Å². The lowest BCUT2D eigenvalue weighted by Gasteiger charge is -2.09.